The molecule has 11 rings (SSSR count). The lowest BCUT2D eigenvalue weighted by molar-refractivity contribution is 0.660. The Kier molecular flexibility index (Phi) is 6.60. The van der Waals surface area contributed by atoms with Crippen molar-refractivity contribution in [1.29, 1.82) is 0 Å². The smallest absolute Gasteiger partial charge is 0.135 e. The lowest BCUT2D eigenvalue weighted by atomic mass is 9.82. The zero-order chi connectivity index (χ0) is 36.0. The Bertz CT molecular complexity index is 3020. The third kappa shape index (κ3) is 4.55. The molecule has 0 radical (unpaired) electrons. The summed E-state index contributed by atoms with van der Waals surface area (Å²) in [5.74, 6) is 0. The van der Waals surface area contributed by atoms with Crippen LogP contribution in [0.15, 0.2) is 186 Å². The summed E-state index contributed by atoms with van der Waals surface area (Å²) < 4.78 is 8.67. The molecule has 2 aromatic heterocycles. The van der Waals surface area contributed by atoms with Crippen LogP contribution in [0.1, 0.15) is 25.0 Å². The molecule has 10 aromatic rings. The van der Waals surface area contributed by atoms with Crippen LogP contribution in [0.4, 0.5) is 17.1 Å². The molecule has 2 heterocycles. The number of furan rings is 1. The van der Waals surface area contributed by atoms with Gasteiger partial charge >= 0.3 is 0 Å². The first-order valence-electron chi connectivity index (χ1n) is 18.7. The van der Waals surface area contributed by atoms with Gasteiger partial charge in [0.25, 0.3) is 0 Å². The fourth-order valence-corrected chi connectivity index (χ4v) is 8.93. The highest BCUT2D eigenvalue weighted by Crippen LogP contribution is 2.52. The second-order valence-corrected chi connectivity index (χ2v) is 15.0. The van der Waals surface area contributed by atoms with Gasteiger partial charge in [0, 0.05) is 49.7 Å². The Hall–Kier alpha value is -6.84. The quantitative estimate of drug-likeness (QED) is 0.179. The maximum atomic E-state index is 6.25. The van der Waals surface area contributed by atoms with E-state index in [4.69, 9.17) is 4.42 Å². The number of hydrogen-bond donors (Lipinski definition) is 0. The topological polar surface area (TPSA) is 21.3 Å². The molecule has 0 atom stereocenters. The van der Waals surface area contributed by atoms with Crippen LogP contribution in [0.25, 0.3) is 71.7 Å². The minimum absolute atomic E-state index is 0.219. The third-order valence-electron chi connectivity index (χ3n) is 11.6. The molecule has 0 N–H and O–H groups in total. The first-order valence-corrected chi connectivity index (χ1v) is 18.7. The number of nitrogens with zero attached hydrogens (tertiary/aromatic N) is 2. The number of hydrogen-bond acceptors (Lipinski definition) is 2. The molecule has 256 valence electrons. The fourth-order valence-electron chi connectivity index (χ4n) is 8.93. The van der Waals surface area contributed by atoms with Crippen LogP contribution >= 0.6 is 0 Å². The minimum Gasteiger partial charge on any atom is -0.456 e. The molecule has 8 aromatic carbocycles. The molecule has 0 amide bonds. The Balaban J connectivity index is 1.06. The van der Waals surface area contributed by atoms with E-state index in [1.165, 1.54) is 60.9 Å². The predicted octanol–water partition coefficient (Wildman–Crippen LogP) is 14.1. The summed E-state index contributed by atoms with van der Waals surface area (Å²) in [5, 5.41) is 4.79. The van der Waals surface area contributed by atoms with Gasteiger partial charge in [0.1, 0.15) is 11.2 Å². The highest BCUT2D eigenvalue weighted by atomic mass is 16.3. The van der Waals surface area contributed by atoms with Gasteiger partial charge in [-0.3, -0.25) is 0 Å². The van der Waals surface area contributed by atoms with Gasteiger partial charge in [-0.1, -0.05) is 123 Å². The molecular weight excluding hydrogens is 657 g/mol. The van der Waals surface area contributed by atoms with E-state index in [9.17, 15) is 0 Å². The molecule has 1 aliphatic rings. The van der Waals surface area contributed by atoms with Gasteiger partial charge in [-0.25, -0.2) is 0 Å². The van der Waals surface area contributed by atoms with Crippen molar-refractivity contribution in [2.24, 2.45) is 0 Å². The molecule has 0 bridgehead atoms. The van der Waals surface area contributed by atoms with Crippen LogP contribution in [0, 0.1) is 0 Å². The van der Waals surface area contributed by atoms with E-state index in [-0.39, 0.29) is 5.41 Å². The average Bonchev–Trinajstić information content (AvgIpc) is 3.84. The molecule has 3 heteroatoms. The SMILES string of the molecule is CC1(C)c2cc(N(c3ccc(-c4ccccc4)cc3)c3ccc4oc5ccccc5c4c3)ccc2-c2ccc(-n3c4ccccc4c4ccccc43)cc21. The van der Waals surface area contributed by atoms with Crippen molar-refractivity contribution in [3.63, 3.8) is 0 Å². The van der Waals surface area contributed by atoms with E-state index >= 15 is 0 Å². The summed E-state index contributed by atoms with van der Waals surface area (Å²) in [5.41, 5.74) is 16.2. The highest BCUT2D eigenvalue weighted by molar-refractivity contribution is 6.09. The Morgan fingerprint density at radius 2 is 0.963 bits per heavy atom. The van der Waals surface area contributed by atoms with E-state index in [1.807, 2.05) is 12.1 Å². The van der Waals surface area contributed by atoms with E-state index in [2.05, 4.69) is 193 Å². The normalized spacial score (nSPS) is 13.1. The van der Waals surface area contributed by atoms with E-state index in [0.717, 1.165) is 39.0 Å². The Morgan fingerprint density at radius 3 is 1.70 bits per heavy atom. The number of anilines is 3. The number of aromatic nitrogens is 1. The predicted molar refractivity (Wildman–Crippen MR) is 226 cm³/mol. The third-order valence-corrected chi connectivity index (χ3v) is 11.6. The molecule has 0 spiro atoms. The minimum atomic E-state index is -0.219. The van der Waals surface area contributed by atoms with E-state index in [0.29, 0.717) is 0 Å². The second-order valence-electron chi connectivity index (χ2n) is 15.0. The molecular formula is C51H36N2O. The lowest BCUT2D eigenvalue weighted by Crippen LogP contribution is -2.17. The number of para-hydroxylation sites is 3. The highest BCUT2D eigenvalue weighted by Gasteiger charge is 2.36. The van der Waals surface area contributed by atoms with Crippen molar-refractivity contribution in [2.75, 3.05) is 4.90 Å². The molecule has 0 unspecified atom stereocenters. The standard InChI is InChI=1S/C51H36N2O/c1-51(2)45-31-37(24-27-39(45)40-28-25-38(32-46(40)51)53-47-17-9-6-14-41(47)42-15-7-10-18-48(42)53)52(35-22-20-34(21-23-35)33-12-4-3-5-13-33)36-26-29-50-44(30-36)43-16-8-11-19-49(43)54-50/h3-32H,1-2H3. The summed E-state index contributed by atoms with van der Waals surface area (Å²) >= 11 is 0. The molecule has 54 heavy (non-hydrogen) atoms. The fraction of sp³-hybridized carbons (Fsp3) is 0.0588. The van der Waals surface area contributed by atoms with Crippen molar-refractivity contribution in [2.45, 2.75) is 19.3 Å². The van der Waals surface area contributed by atoms with Crippen LogP contribution in [-0.4, -0.2) is 4.57 Å². The van der Waals surface area contributed by atoms with Crippen LogP contribution in [0.2, 0.25) is 0 Å². The van der Waals surface area contributed by atoms with Crippen LogP contribution in [-0.2, 0) is 5.41 Å². The van der Waals surface area contributed by atoms with Gasteiger partial charge in [-0.2, -0.15) is 0 Å². The average molecular weight is 693 g/mol. The van der Waals surface area contributed by atoms with Crippen molar-refractivity contribution >= 4 is 60.8 Å². The lowest BCUT2D eigenvalue weighted by Gasteiger charge is -2.28. The summed E-state index contributed by atoms with van der Waals surface area (Å²) in [6.07, 6.45) is 0. The van der Waals surface area contributed by atoms with Crippen molar-refractivity contribution < 1.29 is 4.42 Å². The first kappa shape index (κ1) is 30.8. The van der Waals surface area contributed by atoms with Gasteiger partial charge in [0.15, 0.2) is 0 Å². The zero-order valence-electron chi connectivity index (χ0n) is 30.1. The number of benzene rings is 8. The molecule has 1 aliphatic carbocycles. The maximum Gasteiger partial charge on any atom is 0.135 e. The van der Waals surface area contributed by atoms with E-state index < -0.39 is 0 Å². The number of rotatable bonds is 5. The van der Waals surface area contributed by atoms with E-state index in [1.54, 1.807) is 0 Å². The van der Waals surface area contributed by atoms with Gasteiger partial charge in [-0.15, -0.1) is 0 Å². The van der Waals surface area contributed by atoms with Crippen LogP contribution in [0.5, 0.6) is 0 Å². The Morgan fingerprint density at radius 1 is 0.426 bits per heavy atom. The number of fused-ring (bicyclic) bond motifs is 9. The van der Waals surface area contributed by atoms with Crippen molar-refractivity contribution in [3.05, 3.63) is 193 Å². The monoisotopic (exact) mass is 692 g/mol. The van der Waals surface area contributed by atoms with Crippen molar-refractivity contribution in [1.82, 2.24) is 4.57 Å². The molecule has 0 saturated heterocycles. The summed E-state index contributed by atoms with van der Waals surface area (Å²) in [6.45, 7) is 4.75. The van der Waals surface area contributed by atoms with Gasteiger partial charge < -0.3 is 13.9 Å². The molecule has 0 aliphatic heterocycles. The van der Waals surface area contributed by atoms with Gasteiger partial charge in [-0.05, 0) is 106 Å². The molecule has 0 fully saturated rings. The molecule has 0 saturated carbocycles. The van der Waals surface area contributed by atoms with Crippen LogP contribution < -0.4 is 4.90 Å². The summed E-state index contributed by atoms with van der Waals surface area (Å²) in [7, 11) is 0. The van der Waals surface area contributed by atoms with Crippen molar-refractivity contribution in [3.8, 4) is 27.9 Å². The molecule has 3 nitrogen and oxygen atoms in total. The Labute approximate surface area is 314 Å². The van der Waals surface area contributed by atoms with Gasteiger partial charge in [0.2, 0.25) is 0 Å². The van der Waals surface area contributed by atoms with Crippen LogP contribution in [0.3, 0.4) is 0 Å². The first-order chi connectivity index (χ1) is 26.5. The summed E-state index contributed by atoms with van der Waals surface area (Å²) in [4.78, 5) is 2.39. The maximum absolute atomic E-state index is 6.25. The summed E-state index contributed by atoms with van der Waals surface area (Å²) in [6, 6.07) is 65.9. The largest absolute Gasteiger partial charge is 0.456 e. The zero-order valence-corrected chi connectivity index (χ0v) is 30.1. The van der Waals surface area contributed by atoms with Gasteiger partial charge in [0.05, 0.1) is 11.0 Å². The second kappa shape index (κ2) is 11.6.